The molecular weight excluding hydrogens is 199 g/mol. The van der Waals surface area contributed by atoms with E-state index in [9.17, 15) is 14.0 Å². The highest BCUT2D eigenvalue weighted by Crippen LogP contribution is 2.21. The summed E-state index contributed by atoms with van der Waals surface area (Å²) >= 11 is 0. The molecule has 15 heavy (non-hydrogen) atoms. The maximum absolute atomic E-state index is 13.2. The summed E-state index contributed by atoms with van der Waals surface area (Å²) in [5.41, 5.74) is 0.0208. The molecular formula is C11H10FO3. The Kier molecular flexibility index (Phi) is 3.97. The van der Waals surface area contributed by atoms with E-state index in [2.05, 4.69) is 6.92 Å². The molecule has 1 aromatic carbocycles. The highest BCUT2D eigenvalue weighted by Gasteiger charge is 2.12. The van der Waals surface area contributed by atoms with Gasteiger partial charge in [-0.15, -0.1) is 0 Å². The van der Waals surface area contributed by atoms with E-state index in [-0.39, 0.29) is 17.7 Å². The fourth-order valence-electron chi connectivity index (χ4n) is 1.04. The number of esters is 1. The molecule has 0 aliphatic rings. The third-order valence-electron chi connectivity index (χ3n) is 1.72. The second-order valence-corrected chi connectivity index (χ2v) is 2.85. The SMILES string of the molecule is [CH2]CCC(=O)Oc1c(F)cccc1C=O. The number of hydrogen-bond donors (Lipinski definition) is 0. The molecule has 0 aromatic heterocycles. The van der Waals surface area contributed by atoms with Gasteiger partial charge in [0.05, 0.1) is 5.56 Å². The molecule has 4 heteroatoms. The van der Waals surface area contributed by atoms with Crippen LogP contribution in [-0.4, -0.2) is 12.3 Å². The van der Waals surface area contributed by atoms with E-state index in [1.54, 1.807) is 0 Å². The van der Waals surface area contributed by atoms with Gasteiger partial charge in [-0.2, -0.15) is 0 Å². The minimum absolute atomic E-state index is 0.0208. The average molecular weight is 209 g/mol. The molecule has 79 valence electrons. The van der Waals surface area contributed by atoms with Crippen molar-refractivity contribution in [3.05, 3.63) is 36.5 Å². The third-order valence-corrected chi connectivity index (χ3v) is 1.72. The summed E-state index contributed by atoms with van der Waals surface area (Å²) in [6.45, 7) is 3.47. The molecule has 0 atom stereocenters. The van der Waals surface area contributed by atoms with Crippen LogP contribution in [0, 0.1) is 12.7 Å². The molecule has 0 spiro atoms. The number of carbonyl (C=O) groups is 2. The number of ether oxygens (including phenoxy) is 1. The largest absolute Gasteiger partial charge is 0.423 e. The van der Waals surface area contributed by atoms with Crippen LogP contribution in [0.5, 0.6) is 5.75 Å². The maximum atomic E-state index is 13.2. The lowest BCUT2D eigenvalue weighted by molar-refractivity contribution is -0.134. The normalized spacial score (nSPS) is 9.73. The van der Waals surface area contributed by atoms with E-state index in [0.29, 0.717) is 12.7 Å². The molecule has 0 bridgehead atoms. The van der Waals surface area contributed by atoms with Crippen molar-refractivity contribution in [2.45, 2.75) is 12.8 Å². The van der Waals surface area contributed by atoms with Gasteiger partial charge < -0.3 is 4.74 Å². The Morgan fingerprint density at radius 2 is 2.27 bits per heavy atom. The van der Waals surface area contributed by atoms with Crippen molar-refractivity contribution < 1.29 is 18.7 Å². The van der Waals surface area contributed by atoms with Gasteiger partial charge in [-0.25, -0.2) is 4.39 Å². The lowest BCUT2D eigenvalue weighted by Crippen LogP contribution is -2.09. The van der Waals surface area contributed by atoms with Crippen LogP contribution >= 0.6 is 0 Å². The van der Waals surface area contributed by atoms with Gasteiger partial charge >= 0.3 is 5.97 Å². The highest BCUT2D eigenvalue weighted by atomic mass is 19.1. The van der Waals surface area contributed by atoms with E-state index in [1.807, 2.05) is 0 Å². The summed E-state index contributed by atoms with van der Waals surface area (Å²) in [4.78, 5) is 21.6. The topological polar surface area (TPSA) is 43.4 Å². The zero-order valence-corrected chi connectivity index (χ0v) is 8.03. The monoisotopic (exact) mass is 209 g/mol. The first-order valence-electron chi connectivity index (χ1n) is 4.42. The van der Waals surface area contributed by atoms with Crippen LogP contribution < -0.4 is 4.74 Å². The Morgan fingerprint density at radius 1 is 1.53 bits per heavy atom. The molecule has 1 aromatic rings. The fraction of sp³-hybridized carbons (Fsp3) is 0.182. The maximum Gasteiger partial charge on any atom is 0.311 e. The predicted molar refractivity (Wildman–Crippen MR) is 52.0 cm³/mol. The van der Waals surface area contributed by atoms with Crippen molar-refractivity contribution in [1.29, 1.82) is 0 Å². The first-order valence-corrected chi connectivity index (χ1v) is 4.42. The summed E-state index contributed by atoms with van der Waals surface area (Å²) in [7, 11) is 0. The second kappa shape index (κ2) is 5.24. The van der Waals surface area contributed by atoms with Gasteiger partial charge in [0.25, 0.3) is 0 Å². The molecule has 1 rings (SSSR count). The second-order valence-electron chi connectivity index (χ2n) is 2.85. The molecule has 0 unspecified atom stereocenters. The number of rotatable bonds is 4. The van der Waals surface area contributed by atoms with Crippen LogP contribution in [0.3, 0.4) is 0 Å². The Labute approximate surface area is 86.9 Å². The molecule has 0 heterocycles. The van der Waals surface area contributed by atoms with Crippen molar-refractivity contribution in [2.75, 3.05) is 0 Å². The molecule has 0 aliphatic heterocycles. The number of para-hydroxylation sites is 1. The van der Waals surface area contributed by atoms with Gasteiger partial charge in [0.2, 0.25) is 0 Å². The lowest BCUT2D eigenvalue weighted by atomic mass is 10.2. The van der Waals surface area contributed by atoms with Crippen molar-refractivity contribution in [3.63, 3.8) is 0 Å². The summed E-state index contributed by atoms with van der Waals surface area (Å²) in [6.07, 6.45) is 0.895. The predicted octanol–water partition coefficient (Wildman–Crippen LogP) is 2.16. The number of aldehydes is 1. The molecule has 0 saturated heterocycles. The Hall–Kier alpha value is -1.71. The van der Waals surface area contributed by atoms with Crippen molar-refractivity contribution in [1.82, 2.24) is 0 Å². The van der Waals surface area contributed by atoms with Gasteiger partial charge in [-0.3, -0.25) is 9.59 Å². The Balaban J connectivity index is 2.92. The van der Waals surface area contributed by atoms with Gasteiger partial charge in [-0.05, 0) is 18.6 Å². The molecule has 0 saturated carbocycles. The fourth-order valence-corrected chi connectivity index (χ4v) is 1.04. The van der Waals surface area contributed by atoms with Crippen LogP contribution in [0.2, 0.25) is 0 Å². The van der Waals surface area contributed by atoms with E-state index in [1.165, 1.54) is 12.1 Å². The first-order chi connectivity index (χ1) is 7.19. The molecule has 1 radical (unpaired) electrons. The van der Waals surface area contributed by atoms with Crippen molar-refractivity contribution in [3.8, 4) is 5.75 Å². The van der Waals surface area contributed by atoms with Gasteiger partial charge in [0.15, 0.2) is 17.9 Å². The van der Waals surface area contributed by atoms with Crippen LogP contribution in [0.15, 0.2) is 18.2 Å². The van der Waals surface area contributed by atoms with Gasteiger partial charge in [0, 0.05) is 6.42 Å². The minimum Gasteiger partial charge on any atom is -0.423 e. The van der Waals surface area contributed by atoms with Gasteiger partial charge in [0.1, 0.15) is 0 Å². The van der Waals surface area contributed by atoms with Gasteiger partial charge in [-0.1, -0.05) is 13.0 Å². The third kappa shape index (κ3) is 2.87. The Morgan fingerprint density at radius 3 is 2.87 bits per heavy atom. The van der Waals surface area contributed by atoms with E-state index in [0.717, 1.165) is 6.07 Å². The Bertz CT molecular complexity index is 374. The summed E-state index contributed by atoms with van der Waals surface area (Å²) in [6, 6.07) is 3.88. The average Bonchev–Trinajstić information content (AvgIpc) is 2.21. The standard InChI is InChI=1S/C11H10FO3/c1-2-4-10(14)15-11-8(7-13)5-3-6-9(11)12/h3,5-7H,1-2,4H2. The van der Waals surface area contributed by atoms with Crippen LogP contribution in [0.25, 0.3) is 0 Å². The number of benzene rings is 1. The quantitative estimate of drug-likeness (QED) is 0.433. The highest BCUT2D eigenvalue weighted by molar-refractivity contribution is 5.82. The number of carbonyl (C=O) groups excluding carboxylic acids is 2. The van der Waals surface area contributed by atoms with E-state index in [4.69, 9.17) is 4.74 Å². The summed E-state index contributed by atoms with van der Waals surface area (Å²) in [5, 5.41) is 0. The molecule has 0 amide bonds. The minimum atomic E-state index is -0.725. The van der Waals surface area contributed by atoms with Crippen LogP contribution in [-0.2, 0) is 4.79 Å². The lowest BCUT2D eigenvalue weighted by Gasteiger charge is -2.06. The van der Waals surface area contributed by atoms with E-state index < -0.39 is 11.8 Å². The number of halogens is 1. The molecule has 0 fully saturated rings. The van der Waals surface area contributed by atoms with Crippen LogP contribution in [0.4, 0.5) is 4.39 Å². The van der Waals surface area contributed by atoms with Crippen molar-refractivity contribution in [2.24, 2.45) is 0 Å². The number of hydrogen-bond acceptors (Lipinski definition) is 3. The zero-order chi connectivity index (χ0) is 11.3. The zero-order valence-electron chi connectivity index (χ0n) is 8.03. The van der Waals surface area contributed by atoms with Crippen LogP contribution in [0.1, 0.15) is 23.2 Å². The first kappa shape index (κ1) is 11.4. The molecule has 3 nitrogen and oxygen atoms in total. The smallest absolute Gasteiger partial charge is 0.311 e. The molecule has 0 N–H and O–H groups in total. The summed E-state index contributed by atoms with van der Waals surface area (Å²) < 4.78 is 17.9. The molecule has 0 aliphatic carbocycles. The van der Waals surface area contributed by atoms with E-state index >= 15 is 0 Å². The van der Waals surface area contributed by atoms with Crippen molar-refractivity contribution >= 4 is 12.3 Å². The summed E-state index contributed by atoms with van der Waals surface area (Å²) in [5.74, 6) is -1.64.